The van der Waals surface area contributed by atoms with E-state index in [2.05, 4.69) is 32.5 Å². The fourth-order valence-electron chi connectivity index (χ4n) is 2.76. The summed E-state index contributed by atoms with van der Waals surface area (Å²) in [5.74, 6) is -0.332. The van der Waals surface area contributed by atoms with Crippen LogP contribution in [0.15, 0.2) is 53.9 Å². The molecule has 1 aliphatic heterocycles. The van der Waals surface area contributed by atoms with Gasteiger partial charge in [-0.2, -0.15) is 17.9 Å². The van der Waals surface area contributed by atoms with E-state index in [0.717, 1.165) is 43.6 Å². The summed E-state index contributed by atoms with van der Waals surface area (Å²) in [4.78, 5) is 10.6. The van der Waals surface area contributed by atoms with Crippen molar-refractivity contribution in [1.82, 2.24) is 25.3 Å². The number of anilines is 2. The molecule has 4 rings (SSSR count). The molecule has 1 amide bonds. The summed E-state index contributed by atoms with van der Waals surface area (Å²) in [6.45, 7) is 4.35. The quantitative estimate of drug-likeness (QED) is 0.428. The third kappa shape index (κ3) is 5.90. The van der Waals surface area contributed by atoms with Crippen LogP contribution in [0.3, 0.4) is 0 Å². The molecule has 2 N–H and O–H groups in total. The minimum Gasteiger partial charge on any atom is -0.423 e. The highest BCUT2D eigenvalue weighted by molar-refractivity contribution is 5.82. The van der Waals surface area contributed by atoms with E-state index in [-0.39, 0.29) is 39.5 Å². The van der Waals surface area contributed by atoms with Crippen molar-refractivity contribution in [3.8, 4) is 11.5 Å². The number of hydrogen-bond donors (Lipinski definition) is 2. The van der Waals surface area contributed by atoms with E-state index >= 15 is 0 Å². The van der Waals surface area contributed by atoms with Crippen LogP contribution in [0, 0.1) is 5.92 Å². The summed E-state index contributed by atoms with van der Waals surface area (Å²) in [6, 6.07) is 3.70. The first-order valence-electron chi connectivity index (χ1n) is 9.27. The Morgan fingerprint density at radius 3 is 2.33 bits per heavy atom. The largest absolute Gasteiger partial charge is 0.504 e. The monoisotopic (exact) mass is 474 g/mol. The summed E-state index contributed by atoms with van der Waals surface area (Å²) >= 11 is 0. The summed E-state index contributed by atoms with van der Waals surface area (Å²) in [5, 5.41) is 15.4. The summed E-state index contributed by atoms with van der Waals surface area (Å²) in [6.07, 6.45) is -5.16. The zero-order valence-electron chi connectivity index (χ0n) is 16.6. The van der Waals surface area contributed by atoms with Crippen LogP contribution in [-0.2, 0) is 17.3 Å². The van der Waals surface area contributed by atoms with Gasteiger partial charge in [0.1, 0.15) is 5.56 Å². The van der Waals surface area contributed by atoms with Gasteiger partial charge in [-0.3, -0.25) is 4.79 Å². The molecular weight excluding hydrogens is 458 g/mol. The SMILES string of the molecule is C=CC1CCNC1=O.FC(F)(F)c1ccc(Nc2nn(C(F)(F)F)cc2-c2nnco2)cc1. The van der Waals surface area contributed by atoms with Crippen LogP contribution < -0.4 is 10.6 Å². The lowest BCUT2D eigenvalue weighted by Crippen LogP contribution is -2.17. The summed E-state index contributed by atoms with van der Waals surface area (Å²) in [5.41, 5.74) is -0.952. The van der Waals surface area contributed by atoms with Gasteiger partial charge >= 0.3 is 12.5 Å². The lowest BCUT2D eigenvalue weighted by molar-refractivity contribution is -0.212. The molecule has 0 bridgehead atoms. The molecule has 1 atom stereocenters. The van der Waals surface area contributed by atoms with Crippen LogP contribution in [0.1, 0.15) is 12.0 Å². The van der Waals surface area contributed by atoms with Gasteiger partial charge < -0.3 is 15.1 Å². The first-order valence-corrected chi connectivity index (χ1v) is 9.27. The van der Waals surface area contributed by atoms with Crippen LogP contribution in [0.4, 0.5) is 37.8 Å². The van der Waals surface area contributed by atoms with Gasteiger partial charge in [-0.05, 0) is 30.7 Å². The van der Waals surface area contributed by atoms with E-state index in [1.807, 2.05) is 0 Å². The Bertz CT molecular complexity index is 1090. The summed E-state index contributed by atoms with van der Waals surface area (Å²) < 4.78 is 80.7. The van der Waals surface area contributed by atoms with E-state index in [0.29, 0.717) is 6.20 Å². The molecule has 1 aliphatic rings. The van der Waals surface area contributed by atoms with Crippen molar-refractivity contribution < 1.29 is 35.6 Å². The average Bonchev–Trinajstić information content (AvgIpc) is 3.48. The van der Waals surface area contributed by atoms with E-state index < -0.39 is 18.0 Å². The van der Waals surface area contributed by atoms with Crippen molar-refractivity contribution >= 4 is 17.4 Å². The number of nitrogens with zero attached hydrogens (tertiary/aromatic N) is 4. The van der Waals surface area contributed by atoms with E-state index in [4.69, 9.17) is 4.42 Å². The van der Waals surface area contributed by atoms with Crippen molar-refractivity contribution in [2.75, 3.05) is 11.9 Å². The predicted octanol–water partition coefficient (Wildman–Crippen LogP) is 4.48. The van der Waals surface area contributed by atoms with Gasteiger partial charge in [-0.1, -0.05) is 6.08 Å². The average molecular weight is 474 g/mol. The molecule has 1 aromatic carbocycles. The second-order valence-electron chi connectivity index (χ2n) is 6.67. The Hall–Kier alpha value is -3.84. The normalized spacial score (nSPS) is 16.1. The number of benzene rings is 1. The number of rotatable bonds is 4. The fourth-order valence-corrected chi connectivity index (χ4v) is 2.76. The second kappa shape index (κ2) is 9.34. The molecule has 0 spiro atoms. The molecule has 3 heterocycles. The number of nitrogens with one attached hydrogen (secondary N) is 2. The van der Waals surface area contributed by atoms with Crippen molar-refractivity contribution in [2.45, 2.75) is 18.9 Å². The lowest BCUT2D eigenvalue weighted by Gasteiger charge is -2.09. The highest BCUT2D eigenvalue weighted by Crippen LogP contribution is 2.33. The van der Waals surface area contributed by atoms with E-state index in [1.165, 1.54) is 0 Å². The van der Waals surface area contributed by atoms with Crippen molar-refractivity contribution in [2.24, 2.45) is 5.92 Å². The third-order valence-electron chi connectivity index (χ3n) is 4.42. The molecule has 33 heavy (non-hydrogen) atoms. The highest BCUT2D eigenvalue weighted by Gasteiger charge is 2.34. The molecule has 1 saturated heterocycles. The first kappa shape index (κ1) is 23.8. The predicted molar refractivity (Wildman–Crippen MR) is 103 cm³/mol. The van der Waals surface area contributed by atoms with Gasteiger partial charge in [0, 0.05) is 18.4 Å². The Morgan fingerprint density at radius 1 is 1.18 bits per heavy atom. The Labute approximate surface area is 182 Å². The van der Waals surface area contributed by atoms with Crippen LogP contribution in [0.2, 0.25) is 0 Å². The maximum Gasteiger partial charge on any atom is 0.504 e. The van der Waals surface area contributed by atoms with Gasteiger partial charge in [0.15, 0.2) is 5.82 Å². The number of halogens is 6. The molecule has 176 valence electrons. The Morgan fingerprint density at radius 2 is 1.88 bits per heavy atom. The van der Waals surface area contributed by atoms with Crippen molar-refractivity contribution in [3.05, 3.63) is 55.1 Å². The third-order valence-corrected chi connectivity index (χ3v) is 4.42. The second-order valence-corrected chi connectivity index (χ2v) is 6.67. The van der Waals surface area contributed by atoms with E-state index in [9.17, 15) is 31.1 Å². The minimum absolute atomic E-state index is 0.0787. The van der Waals surface area contributed by atoms with Gasteiger partial charge in [0.05, 0.1) is 11.5 Å². The number of alkyl halides is 6. The first-order chi connectivity index (χ1) is 15.5. The van der Waals surface area contributed by atoms with E-state index in [1.54, 1.807) is 6.08 Å². The summed E-state index contributed by atoms with van der Waals surface area (Å²) in [7, 11) is 0. The van der Waals surface area contributed by atoms with Crippen LogP contribution in [0.5, 0.6) is 0 Å². The van der Waals surface area contributed by atoms with Gasteiger partial charge in [0.2, 0.25) is 12.3 Å². The van der Waals surface area contributed by atoms with Gasteiger partial charge in [0.25, 0.3) is 5.89 Å². The minimum atomic E-state index is -4.80. The Kier molecular flexibility index (Phi) is 6.74. The van der Waals surface area contributed by atoms with Crippen molar-refractivity contribution in [3.63, 3.8) is 0 Å². The maximum absolute atomic E-state index is 12.8. The standard InChI is InChI=1S/C13H7F6N5O.C6H9NO/c14-12(15,16)7-1-3-8(4-2-7)21-10-9(11-22-20-6-25-11)5-24(23-10)13(17,18)19;1-2-5-3-4-7-6(5)8/h1-6H,(H,21,23);2,5H,1,3-4H2,(H,7,8). The smallest absolute Gasteiger partial charge is 0.423 e. The number of carbonyl (C=O) groups excluding carboxylic acids is 1. The van der Waals surface area contributed by atoms with Crippen LogP contribution in [0.25, 0.3) is 11.5 Å². The lowest BCUT2D eigenvalue weighted by atomic mass is 10.1. The molecule has 2 aromatic heterocycles. The van der Waals surface area contributed by atoms with Gasteiger partial charge in [-0.15, -0.1) is 35.0 Å². The molecule has 0 radical (unpaired) electrons. The molecule has 3 aromatic rings. The molecule has 8 nitrogen and oxygen atoms in total. The molecule has 1 fully saturated rings. The number of aromatic nitrogens is 4. The van der Waals surface area contributed by atoms with Crippen LogP contribution >= 0.6 is 0 Å². The molecule has 14 heteroatoms. The van der Waals surface area contributed by atoms with Crippen molar-refractivity contribution in [1.29, 1.82) is 0 Å². The molecule has 0 aliphatic carbocycles. The number of amides is 1. The molecule has 0 saturated carbocycles. The zero-order valence-corrected chi connectivity index (χ0v) is 16.6. The fraction of sp³-hybridized carbons (Fsp3) is 0.263. The van der Waals surface area contributed by atoms with Gasteiger partial charge in [-0.25, -0.2) is 0 Å². The Balaban J connectivity index is 0.000000323. The highest BCUT2D eigenvalue weighted by atomic mass is 19.4. The number of carbonyl (C=O) groups is 1. The zero-order chi connectivity index (χ0) is 24.2. The molecular formula is C19H16F6N6O2. The topological polar surface area (TPSA) is 97.9 Å². The molecule has 1 unspecified atom stereocenters. The maximum atomic E-state index is 12.8. The van der Waals surface area contributed by atoms with Crippen LogP contribution in [-0.4, -0.2) is 32.4 Å². The number of hydrogen-bond acceptors (Lipinski definition) is 6.